The number of carbonyl (C=O) groups is 1. The zero-order valence-corrected chi connectivity index (χ0v) is 11.4. The van der Waals surface area contributed by atoms with E-state index in [9.17, 15) is 15.0 Å². The lowest BCUT2D eigenvalue weighted by Crippen LogP contribution is -2.35. The summed E-state index contributed by atoms with van der Waals surface area (Å²) in [5.41, 5.74) is 0.683. The zero-order valence-electron chi connectivity index (χ0n) is 11.4. The van der Waals surface area contributed by atoms with Crippen molar-refractivity contribution in [3.05, 3.63) is 60.2 Å². The highest BCUT2D eigenvalue weighted by Gasteiger charge is 2.36. The summed E-state index contributed by atoms with van der Waals surface area (Å²) in [4.78, 5) is 11.3. The van der Waals surface area contributed by atoms with Gasteiger partial charge in [-0.3, -0.25) is 0 Å². The molecule has 1 atom stereocenters. The molecule has 0 bridgehead atoms. The Hall–Kier alpha value is -2.13. The number of aliphatic carboxylic acids is 1. The predicted octanol–water partition coefficient (Wildman–Crippen LogP) is 3.43. The molecule has 0 unspecified atom stereocenters. The van der Waals surface area contributed by atoms with Gasteiger partial charge >= 0.3 is 5.97 Å². The van der Waals surface area contributed by atoms with Gasteiger partial charge in [0.15, 0.2) is 5.60 Å². The summed E-state index contributed by atoms with van der Waals surface area (Å²) >= 11 is 0. The molecule has 2 aromatic rings. The summed E-state index contributed by atoms with van der Waals surface area (Å²) in [7, 11) is 0. The first-order valence-corrected chi connectivity index (χ1v) is 6.69. The Morgan fingerprint density at radius 3 is 2.05 bits per heavy atom. The molecule has 2 rings (SSSR count). The van der Waals surface area contributed by atoms with Gasteiger partial charge in [-0.15, -0.1) is 0 Å². The molecule has 0 saturated carbocycles. The van der Waals surface area contributed by atoms with Crippen LogP contribution in [0.25, 0.3) is 11.1 Å². The lowest BCUT2D eigenvalue weighted by molar-refractivity contribution is -0.160. The number of aliphatic hydroxyl groups is 1. The Balaban J connectivity index is 2.34. The predicted molar refractivity (Wildman–Crippen MR) is 78.3 cm³/mol. The SMILES string of the molecule is CCC[C@@](O)(C(=O)O)c1ccc(-c2ccccc2)cc1. The van der Waals surface area contributed by atoms with Gasteiger partial charge < -0.3 is 10.2 Å². The Morgan fingerprint density at radius 2 is 1.55 bits per heavy atom. The van der Waals surface area contributed by atoms with Crippen LogP contribution in [0.5, 0.6) is 0 Å². The third kappa shape index (κ3) is 2.73. The molecule has 3 heteroatoms. The van der Waals surface area contributed by atoms with Gasteiger partial charge in [0.2, 0.25) is 0 Å². The minimum atomic E-state index is -1.80. The van der Waals surface area contributed by atoms with Gasteiger partial charge in [0.1, 0.15) is 0 Å². The third-order valence-electron chi connectivity index (χ3n) is 3.44. The Bertz CT molecular complexity index is 575. The van der Waals surface area contributed by atoms with Crippen LogP contribution in [0, 0.1) is 0 Å². The molecule has 2 N–H and O–H groups in total. The second kappa shape index (κ2) is 5.88. The molecule has 0 saturated heterocycles. The molecule has 3 nitrogen and oxygen atoms in total. The highest BCUT2D eigenvalue weighted by atomic mass is 16.4. The standard InChI is InChI=1S/C17H18O3/c1-2-12-17(20,16(18)19)15-10-8-14(9-11-15)13-6-4-3-5-7-13/h3-11,20H,2,12H2,1H3,(H,18,19)/t17-/m0/s1. The second-order valence-electron chi connectivity index (χ2n) is 4.86. The van der Waals surface area contributed by atoms with Crippen molar-refractivity contribution >= 4 is 5.97 Å². The molecule has 20 heavy (non-hydrogen) atoms. The van der Waals surface area contributed by atoms with Crippen molar-refractivity contribution < 1.29 is 15.0 Å². The monoisotopic (exact) mass is 270 g/mol. The minimum Gasteiger partial charge on any atom is -0.479 e. The van der Waals surface area contributed by atoms with Crippen LogP contribution in [0.15, 0.2) is 54.6 Å². The van der Waals surface area contributed by atoms with Crippen LogP contribution in [-0.2, 0) is 10.4 Å². The first kappa shape index (κ1) is 14.3. The molecule has 0 spiro atoms. The molecule has 2 aromatic carbocycles. The minimum absolute atomic E-state index is 0.201. The van der Waals surface area contributed by atoms with Crippen LogP contribution in [0.1, 0.15) is 25.3 Å². The summed E-state index contributed by atoms with van der Waals surface area (Å²) in [5, 5.41) is 19.6. The van der Waals surface area contributed by atoms with Crippen molar-refractivity contribution in [1.29, 1.82) is 0 Å². The van der Waals surface area contributed by atoms with Gasteiger partial charge in [0, 0.05) is 0 Å². The van der Waals surface area contributed by atoms with E-state index in [4.69, 9.17) is 0 Å². The maximum atomic E-state index is 11.3. The average molecular weight is 270 g/mol. The zero-order chi connectivity index (χ0) is 14.6. The Morgan fingerprint density at radius 1 is 1.00 bits per heavy atom. The van der Waals surface area contributed by atoms with Gasteiger partial charge in [-0.25, -0.2) is 4.79 Å². The molecule has 0 aliphatic rings. The number of rotatable bonds is 5. The first-order valence-electron chi connectivity index (χ1n) is 6.69. The van der Waals surface area contributed by atoms with Crippen LogP contribution < -0.4 is 0 Å². The molecule has 0 radical (unpaired) electrons. The molecular weight excluding hydrogens is 252 g/mol. The highest BCUT2D eigenvalue weighted by Crippen LogP contribution is 2.29. The molecule has 0 aliphatic carbocycles. The Kier molecular flexibility index (Phi) is 4.20. The van der Waals surface area contributed by atoms with Crippen molar-refractivity contribution in [1.82, 2.24) is 0 Å². The van der Waals surface area contributed by atoms with Gasteiger partial charge in [0.05, 0.1) is 0 Å². The topological polar surface area (TPSA) is 57.5 Å². The Labute approximate surface area is 118 Å². The lowest BCUT2D eigenvalue weighted by Gasteiger charge is -2.23. The van der Waals surface area contributed by atoms with Gasteiger partial charge in [-0.2, -0.15) is 0 Å². The van der Waals surface area contributed by atoms with E-state index in [2.05, 4.69) is 0 Å². The summed E-state index contributed by atoms with van der Waals surface area (Å²) < 4.78 is 0. The van der Waals surface area contributed by atoms with Crippen LogP contribution in [0.2, 0.25) is 0 Å². The van der Waals surface area contributed by atoms with Crippen LogP contribution in [0.3, 0.4) is 0 Å². The van der Waals surface area contributed by atoms with Gasteiger partial charge in [-0.05, 0) is 23.1 Å². The van der Waals surface area contributed by atoms with E-state index in [0.717, 1.165) is 11.1 Å². The smallest absolute Gasteiger partial charge is 0.340 e. The van der Waals surface area contributed by atoms with Crippen molar-refractivity contribution in [2.24, 2.45) is 0 Å². The van der Waals surface area contributed by atoms with E-state index in [1.165, 1.54) is 0 Å². The average Bonchev–Trinajstić information content (AvgIpc) is 2.48. The van der Waals surface area contributed by atoms with Gasteiger partial charge in [0.25, 0.3) is 0 Å². The van der Waals surface area contributed by atoms with E-state index in [0.29, 0.717) is 12.0 Å². The van der Waals surface area contributed by atoms with E-state index in [1.54, 1.807) is 12.1 Å². The maximum absolute atomic E-state index is 11.3. The fourth-order valence-corrected chi connectivity index (χ4v) is 2.31. The lowest BCUT2D eigenvalue weighted by atomic mass is 9.88. The third-order valence-corrected chi connectivity index (χ3v) is 3.44. The molecular formula is C17H18O3. The van der Waals surface area contributed by atoms with Crippen LogP contribution in [-0.4, -0.2) is 16.2 Å². The largest absolute Gasteiger partial charge is 0.479 e. The van der Waals surface area contributed by atoms with Crippen molar-refractivity contribution in [3.63, 3.8) is 0 Å². The molecule has 104 valence electrons. The fraction of sp³-hybridized carbons (Fsp3) is 0.235. The summed E-state index contributed by atoms with van der Waals surface area (Å²) in [6.07, 6.45) is 0.802. The molecule has 0 heterocycles. The first-order chi connectivity index (χ1) is 9.58. The fourth-order valence-electron chi connectivity index (χ4n) is 2.31. The number of carboxylic acids is 1. The molecule has 0 fully saturated rings. The van der Waals surface area contributed by atoms with E-state index in [-0.39, 0.29) is 6.42 Å². The number of benzene rings is 2. The summed E-state index contributed by atoms with van der Waals surface area (Å²) in [6.45, 7) is 1.85. The van der Waals surface area contributed by atoms with Crippen molar-refractivity contribution in [3.8, 4) is 11.1 Å². The van der Waals surface area contributed by atoms with Crippen LogP contribution in [0.4, 0.5) is 0 Å². The van der Waals surface area contributed by atoms with E-state index >= 15 is 0 Å². The summed E-state index contributed by atoms with van der Waals surface area (Å²) in [5.74, 6) is -1.20. The second-order valence-corrected chi connectivity index (χ2v) is 4.86. The highest BCUT2D eigenvalue weighted by molar-refractivity contribution is 5.79. The van der Waals surface area contributed by atoms with Crippen molar-refractivity contribution in [2.45, 2.75) is 25.4 Å². The molecule has 0 aromatic heterocycles. The number of hydrogen-bond donors (Lipinski definition) is 2. The van der Waals surface area contributed by atoms with E-state index < -0.39 is 11.6 Å². The number of carboxylic acid groups (broad SMARTS) is 1. The molecule has 0 amide bonds. The van der Waals surface area contributed by atoms with E-state index in [1.807, 2.05) is 49.4 Å². The van der Waals surface area contributed by atoms with Crippen molar-refractivity contribution in [2.75, 3.05) is 0 Å². The number of hydrogen-bond acceptors (Lipinski definition) is 2. The molecule has 0 aliphatic heterocycles. The quantitative estimate of drug-likeness (QED) is 0.875. The summed E-state index contributed by atoms with van der Waals surface area (Å²) in [6, 6.07) is 16.9. The van der Waals surface area contributed by atoms with Gasteiger partial charge in [-0.1, -0.05) is 67.9 Å². The normalized spacial score (nSPS) is 13.7. The maximum Gasteiger partial charge on any atom is 0.340 e. The van der Waals surface area contributed by atoms with Crippen LogP contribution >= 0.6 is 0 Å².